The first-order valence-electron chi connectivity index (χ1n) is 5.16. The third-order valence-corrected chi connectivity index (χ3v) is 3.19. The van der Waals surface area contributed by atoms with Crippen LogP contribution in [0.4, 0.5) is 5.69 Å². The van der Waals surface area contributed by atoms with E-state index in [1.54, 1.807) is 0 Å². The van der Waals surface area contributed by atoms with Crippen molar-refractivity contribution < 1.29 is 0 Å². The topological polar surface area (TPSA) is 40.0 Å². The molecule has 0 spiro atoms. The van der Waals surface area contributed by atoms with Crippen LogP contribution in [0, 0.1) is 11.3 Å². The molecule has 0 radical (unpaired) electrons. The van der Waals surface area contributed by atoms with E-state index in [2.05, 4.69) is 9.88 Å². The summed E-state index contributed by atoms with van der Waals surface area (Å²) in [5.74, 6) is 0.268. The van der Waals surface area contributed by atoms with Gasteiger partial charge >= 0.3 is 0 Å². The zero-order valence-electron chi connectivity index (χ0n) is 8.49. The molecule has 2 rings (SSSR count). The van der Waals surface area contributed by atoms with E-state index in [9.17, 15) is 0 Å². The van der Waals surface area contributed by atoms with Crippen molar-refractivity contribution in [1.82, 2.24) is 4.98 Å². The quantitative estimate of drug-likeness (QED) is 0.783. The van der Waals surface area contributed by atoms with Crippen LogP contribution in [0.1, 0.15) is 12.8 Å². The van der Waals surface area contributed by atoms with Gasteiger partial charge in [-0.3, -0.25) is 10.4 Å². The number of nitrogens with one attached hydrogen (secondary N) is 1. The fourth-order valence-corrected chi connectivity index (χ4v) is 2.16. The molecular formula is C11H14ClN3. The van der Waals surface area contributed by atoms with Gasteiger partial charge in [0.05, 0.1) is 0 Å². The van der Waals surface area contributed by atoms with E-state index in [0.717, 1.165) is 25.9 Å². The van der Waals surface area contributed by atoms with Gasteiger partial charge in [0.25, 0.3) is 0 Å². The van der Waals surface area contributed by atoms with Crippen LogP contribution in [-0.4, -0.2) is 23.2 Å². The zero-order valence-corrected chi connectivity index (χ0v) is 9.24. The lowest BCUT2D eigenvalue weighted by Crippen LogP contribution is -2.35. The lowest BCUT2D eigenvalue weighted by molar-refractivity contribution is 0.505. The van der Waals surface area contributed by atoms with Crippen molar-refractivity contribution in [3.8, 4) is 0 Å². The van der Waals surface area contributed by atoms with Gasteiger partial charge in [-0.1, -0.05) is 11.6 Å². The van der Waals surface area contributed by atoms with Crippen LogP contribution in [-0.2, 0) is 0 Å². The molecule has 1 aliphatic heterocycles. The van der Waals surface area contributed by atoms with Gasteiger partial charge in [0, 0.05) is 37.1 Å². The highest BCUT2D eigenvalue weighted by molar-refractivity contribution is 6.65. The highest BCUT2D eigenvalue weighted by atomic mass is 35.5. The zero-order chi connectivity index (χ0) is 10.7. The molecule has 3 nitrogen and oxygen atoms in total. The second kappa shape index (κ2) is 4.62. The van der Waals surface area contributed by atoms with Gasteiger partial charge in [0.1, 0.15) is 5.17 Å². The second-order valence-corrected chi connectivity index (χ2v) is 4.22. The number of anilines is 1. The van der Waals surface area contributed by atoms with Gasteiger partial charge in [0.2, 0.25) is 0 Å². The van der Waals surface area contributed by atoms with Gasteiger partial charge < -0.3 is 4.90 Å². The van der Waals surface area contributed by atoms with E-state index >= 15 is 0 Å². The molecule has 1 saturated heterocycles. The molecule has 1 aromatic heterocycles. The second-order valence-electron chi connectivity index (χ2n) is 3.81. The van der Waals surface area contributed by atoms with Crippen LogP contribution in [0.5, 0.6) is 0 Å². The van der Waals surface area contributed by atoms with Crippen LogP contribution in [0.3, 0.4) is 0 Å². The highest BCUT2D eigenvalue weighted by Gasteiger charge is 2.21. The van der Waals surface area contributed by atoms with Crippen molar-refractivity contribution in [3.05, 3.63) is 24.5 Å². The SMILES string of the molecule is N=C(Cl)C1CCN(c2ccncc2)CC1. The van der Waals surface area contributed by atoms with Crippen LogP contribution >= 0.6 is 11.6 Å². The summed E-state index contributed by atoms with van der Waals surface area (Å²) in [6.45, 7) is 1.95. The molecule has 0 saturated carbocycles. The molecule has 1 aromatic rings. The Hall–Kier alpha value is -1.09. The normalized spacial score (nSPS) is 17.8. The summed E-state index contributed by atoms with van der Waals surface area (Å²) < 4.78 is 0. The van der Waals surface area contributed by atoms with E-state index < -0.39 is 0 Å². The Kier molecular flexibility index (Phi) is 3.21. The number of nitrogens with zero attached hydrogens (tertiary/aromatic N) is 2. The number of rotatable bonds is 2. The standard InChI is InChI=1S/C11H14ClN3/c12-11(13)9-3-7-15(8-4-9)10-1-5-14-6-2-10/h1-2,5-6,9,13H,3-4,7-8H2. The van der Waals surface area contributed by atoms with Crippen molar-refractivity contribution in [2.24, 2.45) is 5.92 Å². The predicted octanol–water partition coefficient (Wildman–Crippen LogP) is 2.51. The predicted molar refractivity (Wildman–Crippen MR) is 62.8 cm³/mol. The fraction of sp³-hybridized carbons (Fsp3) is 0.455. The van der Waals surface area contributed by atoms with Gasteiger partial charge in [-0.05, 0) is 25.0 Å². The first-order chi connectivity index (χ1) is 7.27. The smallest absolute Gasteiger partial charge is 0.100 e. The Morgan fingerprint density at radius 3 is 2.47 bits per heavy atom. The molecule has 1 N–H and O–H groups in total. The Bertz CT molecular complexity index is 331. The monoisotopic (exact) mass is 223 g/mol. The number of halogens is 1. The number of hydrogen-bond donors (Lipinski definition) is 1. The van der Waals surface area contributed by atoms with Crippen molar-refractivity contribution >= 4 is 22.5 Å². The summed E-state index contributed by atoms with van der Waals surface area (Å²) in [4.78, 5) is 6.32. The third kappa shape index (κ3) is 2.48. The molecule has 0 unspecified atom stereocenters. The summed E-state index contributed by atoms with van der Waals surface area (Å²) >= 11 is 5.71. The van der Waals surface area contributed by atoms with Gasteiger partial charge in [-0.2, -0.15) is 0 Å². The summed E-state index contributed by atoms with van der Waals surface area (Å²) in [7, 11) is 0. The van der Waals surface area contributed by atoms with Gasteiger partial charge in [-0.15, -0.1) is 0 Å². The van der Waals surface area contributed by atoms with Crippen molar-refractivity contribution in [1.29, 1.82) is 5.41 Å². The average molecular weight is 224 g/mol. The molecular weight excluding hydrogens is 210 g/mol. The number of pyridine rings is 1. The van der Waals surface area contributed by atoms with E-state index in [1.807, 2.05) is 24.5 Å². The Labute approximate surface area is 94.6 Å². The van der Waals surface area contributed by atoms with Crippen LogP contribution in [0.2, 0.25) is 0 Å². The molecule has 0 aliphatic carbocycles. The minimum atomic E-state index is 0.268. The van der Waals surface area contributed by atoms with E-state index in [1.165, 1.54) is 5.69 Å². The van der Waals surface area contributed by atoms with Crippen molar-refractivity contribution in [2.75, 3.05) is 18.0 Å². The molecule has 1 fully saturated rings. The summed E-state index contributed by atoms with van der Waals surface area (Å²) in [5, 5.41) is 7.71. The van der Waals surface area contributed by atoms with Gasteiger partial charge in [0.15, 0.2) is 0 Å². The van der Waals surface area contributed by atoms with Crippen molar-refractivity contribution in [3.63, 3.8) is 0 Å². The Balaban J connectivity index is 1.97. The van der Waals surface area contributed by atoms with Gasteiger partial charge in [-0.25, -0.2) is 0 Å². The molecule has 0 bridgehead atoms. The Morgan fingerprint density at radius 2 is 1.93 bits per heavy atom. The molecule has 80 valence electrons. The first kappa shape index (κ1) is 10.4. The molecule has 0 aromatic carbocycles. The van der Waals surface area contributed by atoms with Crippen LogP contribution < -0.4 is 4.90 Å². The average Bonchev–Trinajstić information content (AvgIpc) is 2.30. The number of aromatic nitrogens is 1. The van der Waals surface area contributed by atoms with Crippen LogP contribution in [0.15, 0.2) is 24.5 Å². The molecule has 0 amide bonds. The molecule has 4 heteroatoms. The van der Waals surface area contributed by atoms with E-state index in [-0.39, 0.29) is 5.92 Å². The summed E-state index contributed by atoms with van der Waals surface area (Å²) in [6, 6.07) is 4.04. The number of hydrogen-bond acceptors (Lipinski definition) is 3. The maximum atomic E-state index is 7.40. The maximum absolute atomic E-state index is 7.40. The third-order valence-electron chi connectivity index (χ3n) is 2.88. The summed E-state index contributed by atoms with van der Waals surface area (Å²) in [6.07, 6.45) is 5.57. The van der Waals surface area contributed by atoms with Crippen LogP contribution in [0.25, 0.3) is 0 Å². The molecule has 0 atom stereocenters. The highest BCUT2D eigenvalue weighted by Crippen LogP contribution is 2.23. The van der Waals surface area contributed by atoms with Crippen molar-refractivity contribution in [2.45, 2.75) is 12.8 Å². The lowest BCUT2D eigenvalue weighted by atomic mass is 9.98. The minimum Gasteiger partial charge on any atom is -0.371 e. The van der Waals surface area contributed by atoms with E-state index in [0.29, 0.717) is 5.17 Å². The first-order valence-corrected chi connectivity index (χ1v) is 5.54. The maximum Gasteiger partial charge on any atom is 0.100 e. The largest absolute Gasteiger partial charge is 0.371 e. The fourth-order valence-electron chi connectivity index (χ4n) is 1.95. The molecule has 1 aliphatic rings. The lowest BCUT2D eigenvalue weighted by Gasteiger charge is -2.32. The molecule has 2 heterocycles. The van der Waals surface area contributed by atoms with E-state index in [4.69, 9.17) is 17.0 Å². The molecule has 15 heavy (non-hydrogen) atoms. The minimum absolute atomic E-state index is 0.268. The number of piperidine rings is 1. The summed E-state index contributed by atoms with van der Waals surface area (Å²) in [5.41, 5.74) is 1.21. The Morgan fingerprint density at radius 1 is 1.33 bits per heavy atom.